The van der Waals surface area contributed by atoms with Crippen LogP contribution in [0, 0.1) is 5.82 Å². The summed E-state index contributed by atoms with van der Waals surface area (Å²) in [6, 6.07) is 29.5. The minimum Gasteiger partial charge on any atom is -0.354 e. The summed E-state index contributed by atoms with van der Waals surface area (Å²) in [6.07, 6.45) is 1.88. The third-order valence-electron chi connectivity index (χ3n) is 6.61. The van der Waals surface area contributed by atoms with Crippen molar-refractivity contribution in [3.05, 3.63) is 120 Å². The van der Waals surface area contributed by atoms with E-state index in [4.69, 9.17) is 0 Å². The maximum atomic E-state index is 14.7. The fraction of sp³-hybridized carbons (Fsp3) is 0.250. The van der Waals surface area contributed by atoms with Gasteiger partial charge in [-0.05, 0) is 40.8 Å². The standard InChI is InChI=1S/C32H33FN2O2/c1-2-21-34-32(37)30(22-24-11-4-3-5-12-24)35(23-27-14-7-9-18-29(27)33)31(36)20-19-26-16-10-15-25-13-6-8-17-28(25)26/h3-18,30H,2,19-23H2,1H3,(H,34,37)/t30-/m1/s1. The number of nitrogens with zero attached hydrogens (tertiary/aromatic N) is 1. The van der Waals surface area contributed by atoms with Gasteiger partial charge in [0.25, 0.3) is 0 Å². The number of carbonyl (C=O) groups excluding carboxylic acids is 2. The highest BCUT2D eigenvalue weighted by Crippen LogP contribution is 2.22. The molecule has 0 heterocycles. The lowest BCUT2D eigenvalue weighted by Crippen LogP contribution is -2.50. The van der Waals surface area contributed by atoms with Crippen LogP contribution >= 0.6 is 0 Å². The van der Waals surface area contributed by atoms with Crippen LogP contribution in [0.3, 0.4) is 0 Å². The second-order valence-electron chi connectivity index (χ2n) is 9.25. The van der Waals surface area contributed by atoms with Gasteiger partial charge in [-0.15, -0.1) is 0 Å². The highest BCUT2D eigenvalue weighted by atomic mass is 19.1. The molecule has 0 unspecified atom stereocenters. The smallest absolute Gasteiger partial charge is 0.243 e. The van der Waals surface area contributed by atoms with Crippen molar-refractivity contribution < 1.29 is 14.0 Å². The lowest BCUT2D eigenvalue weighted by Gasteiger charge is -2.32. The number of halogens is 1. The Kier molecular flexibility index (Phi) is 9.03. The summed E-state index contributed by atoms with van der Waals surface area (Å²) in [7, 11) is 0. The number of hydrogen-bond acceptors (Lipinski definition) is 2. The number of benzene rings is 4. The molecule has 1 atom stereocenters. The Labute approximate surface area is 218 Å². The predicted octanol–water partition coefficient (Wildman–Crippen LogP) is 6.08. The third kappa shape index (κ3) is 6.82. The lowest BCUT2D eigenvalue weighted by molar-refractivity contribution is -0.141. The maximum Gasteiger partial charge on any atom is 0.243 e. The summed E-state index contributed by atoms with van der Waals surface area (Å²) < 4.78 is 14.7. The van der Waals surface area contributed by atoms with E-state index in [1.54, 1.807) is 23.1 Å². The van der Waals surface area contributed by atoms with Crippen molar-refractivity contribution in [3.8, 4) is 0 Å². The van der Waals surface area contributed by atoms with E-state index in [1.165, 1.54) is 6.07 Å². The molecule has 4 rings (SSSR count). The molecule has 0 saturated carbocycles. The quantitative estimate of drug-likeness (QED) is 0.274. The van der Waals surface area contributed by atoms with Gasteiger partial charge in [-0.2, -0.15) is 0 Å². The molecule has 2 amide bonds. The minimum atomic E-state index is -0.756. The van der Waals surface area contributed by atoms with Crippen molar-refractivity contribution >= 4 is 22.6 Å². The number of amides is 2. The van der Waals surface area contributed by atoms with Gasteiger partial charge in [-0.3, -0.25) is 9.59 Å². The van der Waals surface area contributed by atoms with Crippen LogP contribution in [0.5, 0.6) is 0 Å². The van der Waals surface area contributed by atoms with Crippen LogP contribution in [0.1, 0.15) is 36.5 Å². The summed E-state index contributed by atoms with van der Waals surface area (Å²) >= 11 is 0. The number of fused-ring (bicyclic) bond motifs is 1. The SMILES string of the molecule is CCCNC(=O)[C@@H](Cc1ccccc1)N(Cc1ccccc1F)C(=O)CCc1cccc2ccccc12. The molecule has 0 saturated heterocycles. The second kappa shape index (κ2) is 12.8. The second-order valence-corrected chi connectivity index (χ2v) is 9.25. The first-order chi connectivity index (χ1) is 18.1. The van der Waals surface area contributed by atoms with Crippen LogP contribution < -0.4 is 5.32 Å². The first-order valence-corrected chi connectivity index (χ1v) is 12.9. The minimum absolute atomic E-state index is 0.0259. The van der Waals surface area contributed by atoms with Crippen LogP contribution in [0.4, 0.5) is 4.39 Å². The summed E-state index contributed by atoms with van der Waals surface area (Å²) in [4.78, 5) is 28.7. The molecule has 37 heavy (non-hydrogen) atoms. The predicted molar refractivity (Wildman–Crippen MR) is 146 cm³/mol. The van der Waals surface area contributed by atoms with E-state index < -0.39 is 6.04 Å². The van der Waals surface area contributed by atoms with Gasteiger partial charge in [0.2, 0.25) is 11.8 Å². The number of rotatable bonds is 11. The molecule has 0 aliphatic carbocycles. The number of carbonyl (C=O) groups is 2. The van der Waals surface area contributed by atoms with Crippen molar-refractivity contribution in [1.29, 1.82) is 0 Å². The molecular formula is C32H33FN2O2. The van der Waals surface area contributed by atoms with Crippen molar-refractivity contribution in [1.82, 2.24) is 10.2 Å². The normalized spacial score (nSPS) is 11.7. The van der Waals surface area contributed by atoms with Crippen LogP contribution in [0.25, 0.3) is 10.8 Å². The fourth-order valence-corrected chi connectivity index (χ4v) is 4.63. The molecule has 0 radical (unpaired) electrons. The van der Waals surface area contributed by atoms with Crippen LogP contribution in [-0.2, 0) is 29.0 Å². The van der Waals surface area contributed by atoms with E-state index in [2.05, 4.69) is 23.5 Å². The molecule has 0 fully saturated rings. The first-order valence-electron chi connectivity index (χ1n) is 12.9. The molecular weight excluding hydrogens is 463 g/mol. The monoisotopic (exact) mass is 496 g/mol. The zero-order valence-electron chi connectivity index (χ0n) is 21.2. The van der Waals surface area contributed by atoms with Gasteiger partial charge in [0, 0.05) is 31.5 Å². The Morgan fingerprint density at radius 2 is 1.51 bits per heavy atom. The zero-order valence-corrected chi connectivity index (χ0v) is 21.2. The highest BCUT2D eigenvalue weighted by molar-refractivity contribution is 5.89. The molecule has 0 spiro atoms. The van der Waals surface area contributed by atoms with Gasteiger partial charge in [0.05, 0.1) is 0 Å². The van der Waals surface area contributed by atoms with Crippen molar-refractivity contribution in [2.75, 3.05) is 6.54 Å². The third-order valence-corrected chi connectivity index (χ3v) is 6.61. The fourth-order valence-electron chi connectivity index (χ4n) is 4.63. The Hall–Kier alpha value is -3.99. The average Bonchev–Trinajstić information content (AvgIpc) is 2.93. The zero-order chi connectivity index (χ0) is 26.0. The van der Waals surface area contributed by atoms with Gasteiger partial charge < -0.3 is 10.2 Å². The molecule has 0 aromatic heterocycles. The van der Waals surface area contributed by atoms with Gasteiger partial charge in [0.15, 0.2) is 0 Å². The van der Waals surface area contributed by atoms with Crippen molar-refractivity contribution in [2.24, 2.45) is 0 Å². The van der Waals surface area contributed by atoms with E-state index in [1.807, 2.05) is 61.5 Å². The van der Waals surface area contributed by atoms with Gasteiger partial charge in [-0.25, -0.2) is 4.39 Å². The van der Waals surface area contributed by atoms with Gasteiger partial charge in [-0.1, -0.05) is 97.9 Å². The summed E-state index contributed by atoms with van der Waals surface area (Å²) in [5.74, 6) is -0.786. The maximum absolute atomic E-state index is 14.7. The van der Waals surface area contributed by atoms with Crippen LogP contribution in [-0.4, -0.2) is 29.3 Å². The van der Waals surface area contributed by atoms with E-state index in [0.29, 0.717) is 24.9 Å². The summed E-state index contributed by atoms with van der Waals surface area (Å²) in [5, 5.41) is 5.19. The topological polar surface area (TPSA) is 49.4 Å². The number of nitrogens with one attached hydrogen (secondary N) is 1. The number of hydrogen-bond donors (Lipinski definition) is 1. The van der Waals surface area contributed by atoms with Gasteiger partial charge in [0.1, 0.15) is 11.9 Å². The van der Waals surface area contributed by atoms with Crippen molar-refractivity contribution in [3.63, 3.8) is 0 Å². The first kappa shape index (κ1) is 26.1. The molecule has 5 heteroatoms. The van der Waals surface area contributed by atoms with Gasteiger partial charge >= 0.3 is 0 Å². The van der Waals surface area contributed by atoms with E-state index in [9.17, 15) is 14.0 Å². The molecule has 190 valence electrons. The molecule has 0 bridgehead atoms. The Morgan fingerprint density at radius 3 is 2.30 bits per heavy atom. The van der Waals surface area contributed by atoms with E-state index in [-0.39, 0.29) is 30.6 Å². The Balaban J connectivity index is 1.64. The molecule has 4 aromatic carbocycles. The summed E-state index contributed by atoms with van der Waals surface area (Å²) in [5.41, 5.74) is 2.41. The molecule has 0 aliphatic heterocycles. The van der Waals surface area contributed by atoms with E-state index in [0.717, 1.165) is 28.3 Å². The lowest BCUT2D eigenvalue weighted by atomic mass is 9.99. The molecule has 4 nitrogen and oxygen atoms in total. The summed E-state index contributed by atoms with van der Waals surface area (Å²) in [6.45, 7) is 2.53. The molecule has 1 N–H and O–H groups in total. The van der Waals surface area contributed by atoms with Crippen molar-refractivity contribution in [2.45, 2.75) is 45.2 Å². The van der Waals surface area contributed by atoms with Crippen LogP contribution in [0.2, 0.25) is 0 Å². The molecule has 0 aliphatic rings. The highest BCUT2D eigenvalue weighted by Gasteiger charge is 2.30. The average molecular weight is 497 g/mol. The largest absolute Gasteiger partial charge is 0.354 e. The Morgan fingerprint density at radius 1 is 0.838 bits per heavy atom. The Bertz CT molecular complexity index is 1330. The molecule has 4 aromatic rings. The number of aryl methyl sites for hydroxylation is 1. The van der Waals surface area contributed by atoms with E-state index >= 15 is 0 Å². The van der Waals surface area contributed by atoms with Crippen LogP contribution in [0.15, 0.2) is 97.1 Å².